The molecule has 104 valence electrons. The summed E-state index contributed by atoms with van der Waals surface area (Å²) in [6, 6.07) is 1.60. The minimum Gasteiger partial charge on any atom is -0.373 e. The summed E-state index contributed by atoms with van der Waals surface area (Å²) in [6.45, 7) is 3.27. The van der Waals surface area contributed by atoms with E-state index in [0.29, 0.717) is 22.9 Å². The summed E-state index contributed by atoms with van der Waals surface area (Å²) in [5.41, 5.74) is 0.197. The van der Waals surface area contributed by atoms with Crippen LogP contribution >= 0.6 is 11.6 Å². The van der Waals surface area contributed by atoms with Gasteiger partial charge in [-0.05, 0) is 25.8 Å². The number of aromatic nitrogens is 1. The van der Waals surface area contributed by atoms with Crippen molar-refractivity contribution < 1.29 is 9.53 Å². The summed E-state index contributed by atoms with van der Waals surface area (Å²) in [5.74, 6) is 0.373. The molecule has 1 unspecified atom stereocenters. The molecule has 6 heteroatoms. The number of amides is 1. The van der Waals surface area contributed by atoms with Crippen molar-refractivity contribution in [2.75, 3.05) is 25.5 Å². The van der Waals surface area contributed by atoms with Gasteiger partial charge in [0.25, 0.3) is 5.91 Å². The molecule has 5 nitrogen and oxygen atoms in total. The van der Waals surface area contributed by atoms with Crippen LogP contribution < -0.4 is 10.6 Å². The molecule has 0 aromatic carbocycles. The number of hydrogen-bond donors (Lipinski definition) is 2. The lowest BCUT2D eigenvalue weighted by Crippen LogP contribution is -2.40. The van der Waals surface area contributed by atoms with Gasteiger partial charge in [0.2, 0.25) is 0 Å². The molecule has 0 radical (unpaired) electrons. The van der Waals surface area contributed by atoms with E-state index < -0.39 is 0 Å². The molecular weight excluding hydrogens is 266 g/mol. The third-order valence-corrected chi connectivity index (χ3v) is 3.55. The first kappa shape index (κ1) is 14.1. The summed E-state index contributed by atoms with van der Waals surface area (Å²) < 4.78 is 5.62. The number of nitrogens with zero attached hydrogens (tertiary/aromatic N) is 1. The molecule has 1 saturated heterocycles. The zero-order chi connectivity index (χ0) is 13.9. The van der Waals surface area contributed by atoms with E-state index in [9.17, 15) is 4.79 Å². The Morgan fingerprint density at radius 1 is 1.63 bits per heavy atom. The largest absolute Gasteiger partial charge is 0.373 e. The van der Waals surface area contributed by atoms with E-state index in [2.05, 4.69) is 15.6 Å². The number of carbonyl (C=O) groups excluding carboxylic acids is 1. The molecule has 1 aliphatic heterocycles. The van der Waals surface area contributed by atoms with E-state index in [-0.39, 0.29) is 11.5 Å². The lowest BCUT2D eigenvalue weighted by atomic mass is 10.0. The maximum absolute atomic E-state index is 12.0. The highest BCUT2D eigenvalue weighted by Crippen LogP contribution is 2.24. The van der Waals surface area contributed by atoms with Crippen LogP contribution in [0.15, 0.2) is 12.3 Å². The van der Waals surface area contributed by atoms with Gasteiger partial charge < -0.3 is 15.4 Å². The highest BCUT2D eigenvalue weighted by atomic mass is 35.5. The Labute approximate surface area is 117 Å². The molecule has 2 heterocycles. The molecule has 1 aliphatic rings. The average Bonchev–Trinajstić information content (AvgIpc) is 2.83. The van der Waals surface area contributed by atoms with Gasteiger partial charge in [0.15, 0.2) is 0 Å². The fraction of sp³-hybridized carbons (Fsp3) is 0.538. The fourth-order valence-electron chi connectivity index (χ4n) is 2.09. The van der Waals surface area contributed by atoms with E-state index in [1.54, 1.807) is 13.1 Å². The van der Waals surface area contributed by atoms with Crippen molar-refractivity contribution >= 4 is 23.3 Å². The number of pyridine rings is 1. The van der Waals surface area contributed by atoms with Crippen molar-refractivity contribution in [3.8, 4) is 0 Å². The Morgan fingerprint density at radius 2 is 2.42 bits per heavy atom. The number of ether oxygens (including phenoxy) is 1. The summed E-state index contributed by atoms with van der Waals surface area (Å²) in [4.78, 5) is 16.1. The van der Waals surface area contributed by atoms with Gasteiger partial charge in [-0.15, -0.1) is 0 Å². The van der Waals surface area contributed by atoms with Crippen LogP contribution in [-0.2, 0) is 4.74 Å². The molecule has 0 saturated carbocycles. The lowest BCUT2D eigenvalue weighted by molar-refractivity contribution is 0.0206. The second-order valence-electron chi connectivity index (χ2n) is 4.89. The van der Waals surface area contributed by atoms with Gasteiger partial charge >= 0.3 is 0 Å². The standard InChI is InChI=1S/C13H18ClN3O2/c1-13(4-3-5-19-13)8-17-12(18)9-6-10(14)11(15-2)16-7-9/h6-7H,3-5,8H2,1-2H3,(H,15,16)(H,17,18). The normalized spacial score (nSPS) is 22.3. The minimum absolute atomic E-state index is 0.186. The Hall–Kier alpha value is -1.33. The SMILES string of the molecule is CNc1ncc(C(=O)NCC2(C)CCCO2)cc1Cl. The molecule has 2 rings (SSSR count). The molecule has 0 aliphatic carbocycles. The molecule has 1 aromatic heterocycles. The predicted octanol–water partition coefficient (Wildman–Crippen LogP) is 2.08. The van der Waals surface area contributed by atoms with Crippen LogP contribution in [0.4, 0.5) is 5.82 Å². The number of hydrogen-bond acceptors (Lipinski definition) is 4. The van der Waals surface area contributed by atoms with Gasteiger partial charge in [-0.1, -0.05) is 11.6 Å². The van der Waals surface area contributed by atoms with Gasteiger partial charge in [0.05, 0.1) is 16.2 Å². The van der Waals surface area contributed by atoms with Crippen LogP contribution in [-0.4, -0.2) is 36.7 Å². The average molecular weight is 284 g/mol. The first-order chi connectivity index (χ1) is 9.04. The fourth-order valence-corrected chi connectivity index (χ4v) is 2.35. The van der Waals surface area contributed by atoms with E-state index in [1.807, 2.05) is 6.92 Å². The van der Waals surface area contributed by atoms with Gasteiger partial charge in [0.1, 0.15) is 5.82 Å². The molecule has 1 atom stereocenters. The topological polar surface area (TPSA) is 63.2 Å². The predicted molar refractivity (Wildman–Crippen MR) is 74.7 cm³/mol. The van der Waals surface area contributed by atoms with Crippen LogP contribution in [0, 0.1) is 0 Å². The molecule has 0 spiro atoms. The van der Waals surface area contributed by atoms with Crippen molar-refractivity contribution in [1.29, 1.82) is 0 Å². The molecule has 0 bridgehead atoms. The van der Waals surface area contributed by atoms with Crippen LogP contribution in [0.5, 0.6) is 0 Å². The lowest BCUT2D eigenvalue weighted by Gasteiger charge is -2.23. The number of rotatable bonds is 4. The van der Waals surface area contributed by atoms with Crippen LogP contribution in [0.25, 0.3) is 0 Å². The van der Waals surface area contributed by atoms with Gasteiger partial charge in [-0.25, -0.2) is 4.98 Å². The summed E-state index contributed by atoms with van der Waals surface area (Å²) in [6.07, 6.45) is 3.51. The monoisotopic (exact) mass is 283 g/mol. The summed E-state index contributed by atoms with van der Waals surface area (Å²) in [5, 5.41) is 6.14. The minimum atomic E-state index is -0.252. The van der Waals surface area contributed by atoms with Crippen molar-refractivity contribution in [2.45, 2.75) is 25.4 Å². The second-order valence-corrected chi connectivity index (χ2v) is 5.30. The van der Waals surface area contributed by atoms with E-state index in [1.165, 1.54) is 6.20 Å². The molecule has 2 N–H and O–H groups in total. The highest BCUT2D eigenvalue weighted by molar-refractivity contribution is 6.33. The zero-order valence-electron chi connectivity index (χ0n) is 11.1. The van der Waals surface area contributed by atoms with Crippen molar-refractivity contribution in [3.63, 3.8) is 0 Å². The van der Waals surface area contributed by atoms with E-state index in [4.69, 9.17) is 16.3 Å². The Kier molecular flexibility index (Phi) is 4.27. The number of carbonyl (C=O) groups is 1. The van der Waals surface area contributed by atoms with Gasteiger partial charge in [0, 0.05) is 26.4 Å². The van der Waals surface area contributed by atoms with Crippen molar-refractivity contribution in [3.05, 3.63) is 22.8 Å². The maximum Gasteiger partial charge on any atom is 0.253 e. The third kappa shape index (κ3) is 3.36. The van der Waals surface area contributed by atoms with E-state index in [0.717, 1.165) is 19.4 Å². The Bertz CT molecular complexity index is 473. The quantitative estimate of drug-likeness (QED) is 0.888. The first-order valence-corrected chi connectivity index (χ1v) is 6.67. The summed E-state index contributed by atoms with van der Waals surface area (Å²) in [7, 11) is 1.73. The second kappa shape index (κ2) is 5.75. The smallest absolute Gasteiger partial charge is 0.253 e. The number of anilines is 1. The highest BCUT2D eigenvalue weighted by Gasteiger charge is 2.30. The molecule has 1 amide bonds. The van der Waals surface area contributed by atoms with E-state index >= 15 is 0 Å². The van der Waals surface area contributed by atoms with Gasteiger partial charge in [-0.3, -0.25) is 4.79 Å². The Morgan fingerprint density at radius 3 is 3.00 bits per heavy atom. The molecule has 19 heavy (non-hydrogen) atoms. The molecule has 1 fully saturated rings. The van der Waals surface area contributed by atoms with Crippen LogP contribution in [0.3, 0.4) is 0 Å². The van der Waals surface area contributed by atoms with Crippen LogP contribution in [0.2, 0.25) is 5.02 Å². The Balaban J connectivity index is 1.98. The maximum atomic E-state index is 12.0. The molecular formula is C13H18ClN3O2. The number of nitrogens with one attached hydrogen (secondary N) is 2. The van der Waals surface area contributed by atoms with Crippen molar-refractivity contribution in [1.82, 2.24) is 10.3 Å². The summed E-state index contributed by atoms with van der Waals surface area (Å²) >= 11 is 6.00. The van der Waals surface area contributed by atoms with Crippen molar-refractivity contribution in [2.24, 2.45) is 0 Å². The number of halogens is 1. The zero-order valence-corrected chi connectivity index (χ0v) is 11.9. The third-order valence-electron chi connectivity index (χ3n) is 3.26. The molecule has 1 aromatic rings. The van der Waals surface area contributed by atoms with Gasteiger partial charge in [-0.2, -0.15) is 0 Å². The first-order valence-electron chi connectivity index (χ1n) is 6.29. The van der Waals surface area contributed by atoms with Crippen LogP contribution in [0.1, 0.15) is 30.1 Å².